The van der Waals surface area contributed by atoms with Crippen LogP contribution in [0.4, 0.5) is 0 Å². The first kappa shape index (κ1) is 25.6. The molecule has 0 aliphatic rings. The quantitative estimate of drug-likeness (QED) is 0.208. The molecule has 5 aromatic heterocycles. The van der Waals surface area contributed by atoms with Gasteiger partial charge in [-0.1, -0.05) is 66.7 Å². The second kappa shape index (κ2) is 10.9. The molecule has 0 bridgehead atoms. The van der Waals surface area contributed by atoms with Crippen molar-refractivity contribution in [3.63, 3.8) is 0 Å². The third-order valence-electron chi connectivity index (χ3n) is 7.66. The Balaban J connectivity index is 1.21. The van der Waals surface area contributed by atoms with Gasteiger partial charge >= 0.3 is 0 Å². The van der Waals surface area contributed by atoms with Crippen LogP contribution in [0, 0.1) is 0 Å². The first-order valence-electron chi connectivity index (χ1n) is 14.3. The van der Waals surface area contributed by atoms with E-state index in [0.717, 1.165) is 66.7 Å². The number of pyridine rings is 4. The van der Waals surface area contributed by atoms with Crippen LogP contribution in [0.5, 0.6) is 0 Å². The van der Waals surface area contributed by atoms with E-state index in [1.165, 1.54) is 0 Å². The Morgan fingerprint density at radius 3 is 1.43 bits per heavy atom. The first-order chi connectivity index (χ1) is 21.8. The maximum absolute atomic E-state index is 5.05. The van der Waals surface area contributed by atoms with E-state index in [1.807, 2.05) is 54.6 Å². The molecule has 0 aliphatic heterocycles. The van der Waals surface area contributed by atoms with Crippen LogP contribution in [0.25, 0.3) is 78.2 Å². The molecule has 0 saturated carbocycles. The molecule has 3 aromatic carbocycles. The molecular formula is C38H24N6. The van der Waals surface area contributed by atoms with Gasteiger partial charge in [-0.3, -0.25) is 9.97 Å². The molecule has 0 saturated heterocycles. The van der Waals surface area contributed by atoms with Gasteiger partial charge in [-0.25, -0.2) is 19.9 Å². The van der Waals surface area contributed by atoms with Crippen LogP contribution < -0.4 is 0 Å². The fourth-order valence-corrected chi connectivity index (χ4v) is 5.37. The molecule has 6 nitrogen and oxygen atoms in total. The van der Waals surface area contributed by atoms with E-state index >= 15 is 0 Å². The lowest BCUT2D eigenvalue weighted by Gasteiger charge is -2.10. The highest BCUT2D eigenvalue weighted by Gasteiger charge is 2.13. The number of rotatable bonds is 5. The summed E-state index contributed by atoms with van der Waals surface area (Å²) in [5, 5.41) is 2.14. The predicted octanol–water partition coefficient (Wildman–Crippen LogP) is 8.70. The molecule has 5 heterocycles. The molecule has 0 unspecified atom stereocenters. The summed E-state index contributed by atoms with van der Waals surface area (Å²) >= 11 is 0. The number of hydrogen-bond donors (Lipinski definition) is 0. The topological polar surface area (TPSA) is 77.3 Å². The highest BCUT2D eigenvalue weighted by molar-refractivity contribution is 5.90. The highest BCUT2D eigenvalue weighted by atomic mass is 14.9. The van der Waals surface area contributed by atoms with E-state index in [2.05, 4.69) is 76.7 Å². The molecule has 0 amide bonds. The lowest BCUT2D eigenvalue weighted by molar-refractivity contribution is 1.15. The first-order valence-corrected chi connectivity index (χ1v) is 14.3. The van der Waals surface area contributed by atoms with Crippen molar-refractivity contribution < 1.29 is 0 Å². The lowest BCUT2D eigenvalue weighted by atomic mass is 10.0. The smallest absolute Gasteiger partial charge is 0.179 e. The minimum atomic E-state index is 0.542. The molecule has 0 spiro atoms. The molecule has 0 N–H and O–H groups in total. The summed E-state index contributed by atoms with van der Waals surface area (Å²) in [5.74, 6) is 0.542. The molecule has 0 aliphatic carbocycles. The summed E-state index contributed by atoms with van der Waals surface area (Å²) in [7, 11) is 0. The lowest BCUT2D eigenvalue weighted by Crippen LogP contribution is -1.98. The van der Waals surface area contributed by atoms with Crippen molar-refractivity contribution in [1.82, 2.24) is 29.9 Å². The molecular weight excluding hydrogens is 540 g/mol. The van der Waals surface area contributed by atoms with Gasteiger partial charge in [-0.2, -0.15) is 0 Å². The van der Waals surface area contributed by atoms with Crippen LogP contribution in [0.2, 0.25) is 0 Å². The molecule has 6 heteroatoms. The van der Waals surface area contributed by atoms with Gasteiger partial charge in [-0.15, -0.1) is 0 Å². The third-order valence-corrected chi connectivity index (χ3v) is 7.66. The minimum absolute atomic E-state index is 0.542. The van der Waals surface area contributed by atoms with E-state index in [1.54, 1.807) is 24.8 Å². The Bertz CT molecular complexity index is 2210. The Morgan fingerprint density at radius 2 is 0.864 bits per heavy atom. The van der Waals surface area contributed by atoms with Gasteiger partial charge in [0.05, 0.1) is 28.1 Å². The van der Waals surface area contributed by atoms with Crippen molar-refractivity contribution in [3.8, 4) is 56.4 Å². The van der Waals surface area contributed by atoms with Gasteiger partial charge in [0.2, 0.25) is 0 Å². The van der Waals surface area contributed by atoms with Crippen LogP contribution in [0.1, 0.15) is 0 Å². The largest absolute Gasteiger partial charge is 0.264 e. The van der Waals surface area contributed by atoms with Gasteiger partial charge in [0.1, 0.15) is 5.69 Å². The summed E-state index contributed by atoms with van der Waals surface area (Å²) in [5.41, 5.74) is 10.1. The van der Waals surface area contributed by atoms with Gasteiger partial charge in [0.15, 0.2) is 5.82 Å². The Morgan fingerprint density at radius 1 is 0.341 bits per heavy atom. The molecule has 0 atom stereocenters. The fraction of sp³-hybridized carbons (Fsp3) is 0. The normalized spacial score (nSPS) is 11.2. The van der Waals surface area contributed by atoms with E-state index in [4.69, 9.17) is 19.9 Å². The van der Waals surface area contributed by atoms with Crippen molar-refractivity contribution in [3.05, 3.63) is 146 Å². The van der Waals surface area contributed by atoms with Crippen LogP contribution in [-0.2, 0) is 0 Å². The van der Waals surface area contributed by atoms with Gasteiger partial charge < -0.3 is 0 Å². The van der Waals surface area contributed by atoms with Crippen LogP contribution in [0.15, 0.2) is 146 Å². The summed E-state index contributed by atoms with van der Waals surface area (Å²) < 4.78 is 0. The van der Waals surface area contributed by atoms with Gasteiger partial charge in [0, 0.05) is 52.3 Å². The Labute approximate surface area is 253 Å². The molecule has 8 rings (SSSR count). The van der Waals surface area contributed by atoms with E-state index in [9.17, 15) is 0 Å². The maximum atomic E-state index is 5.05. The second-order valence-corrected chi connectivity index (χ2v) is 10.5. The number of nitrogens with zero attached hydrogens (tertiary/aromatic N) is 6. The van der Waals surface area contributed by atoms with Crippen molar-refractivity contribution in [2.24, 2.45) is 0 Å². The Kier molecular flexibility index (Phi) is 6.35. The average Bonchev–Trinajstić information content (AvgIpc) is 3.11. The third kappa shape index (κ3) is 4.95. The van der Waals surface area contributed by atoms with Crippen LogP contribution in [0.3, 0.4) is 0 Å². The molecule has 44 heavy (non-hydrogen) atoms. The standard InChI is InChI=1S/C38H24N6/c1-2-6-25(7-3-1)32-16-14-26-10-12-28(20-34(26)41-32)29-13-11-27-15-17-33(42-35(27)21-29)38-43-36(30-8-4-18-39-23-30)22-37(44-38)31-9-5-19-40-24-31/h1-24H. The van der Waals surface area contributed by atoms with Crippen molar-refractivity contribution in [2.75, 3.05) is 0 Å². The number of hydrogen-bond acceptors (Lipinski definition) is 6. The van der Waals surface area contributed by atoms with E-state index in [-0.39, 0.29) is 0 Å². The zero-order valence-electron chi connectivity index (χ0n) is 23.5. The summed E-state index contributed by atoms with van der Waals surface area (Å²) in [6.07, 6.45) is 7.12. The summed E-state index contributed by atoms with van der Waals surface area (Å²) in [6.45, 7) is 0. The average molecular weight is 565 g/mol. The maximum Gasteiger partial charge on any atom is 0.179 e. The Hall–Kier alpha value is -6.14. The number of fused-ring (bicyclic) bond motifs is 2. The van der Waals surface area contributed by atoms with Crippen molar-refractivity contribution in [1.29, 1.82) is 0 Å². The number of benzene rings is 3. The summed E-state index contributed by atoms with van der Waals surface area (Å²) in [4.78, 5) is 28.4. The van der Waals surface area contributed by atoms with Gasteiger partial charge in [-0.05, 0) is 65.7 Å². The highest BCUT2D eigenvalue weighted by Crippen LogP contribution is 2.30. The fourth-order valence-electron chi connectivity index (χ4n) is 5.37. The monoisotopic (exact) mass is 564 g/mol. The van der Waals surface area contributed by atoms with Gasteiger partial charge in [0.25, 0.3) is 0 Å². The second-order valence-electron chi connectivity index (χ2n) is 10.5. The van der Waals surface area contributed by atoms with Crippen LogP contribution >= 0.6 is 0 Å². The predicted molar refractivity (Wildman–Crippen MR) is 175 cm³/mol. The molecule has 0 radical (unpaired) electrons. The van der Waals surface area contributed by atoms with Crippen LogP contribution in [-0.4, -0.2) is 29.9 Å². The summed E-state index contributed by atoms with van der Waals surface area (Å²) in [6, 6.07) is 41.0. The minimum Gasteiger partial charge on any atom is -0.264 e. The molecule has 0 fully saturated rings. The molecule has 8 aromatic rings. The zero-order valence-corrected chi connectivity index (χ0v) is 23.5. The van der Waals surface area contributed by atoms with E-state index < -0.39 is 0 Å². The van der Waals surface area contributed by atoms with Crippen molar-refractivity contribution >= 4 is 21.8 Å². The zero-order chi connectivity index (χ0) is 29.3. The van der Waals surface area contributed by atoms with Crippen molar-refractivity contribution in [2.45, 2.75) is 0 Å². The SMILES string of the molecule is c1ccc(-c2ccc3ccc(-c4ccc5ccc(-c6nc(-c7cccnc7)cc(-c7cccnc7)n6)nc5c4)cc3n2)cc1. The van der Waals surface area contributed by atoms with E-state index in [0.29, 0.717) is 11.5 Å². The molecule has 206 valence electrons. The number of aromatic nitrogens is 6.